The van der Waals surface area contributed by atoms with Gasteiger partial charge in [-0.3, -0.25) is 10.1 Å². The Morgan fingerprint density at radius 1 is 1.15 bits per heavy atom. The molecule has 0 saturated heterocycles. The van der Waals surface area contributed by atoms with Crippen LogP contribution in [-0.2, 0) is 0 Å². The summed E-state index contributed by atoms with van der Waals surface area (Å²) in [5, 5.41) is 25.7. The summed E-state index contributed by atoms with van der Waals surface area (Å²) >= 11 is 0. The average molecular weight is 268 g/mol. The first-order chi connectivity index (χ1) is 9.65. The third-order valence-corrected chi connectivity index (χ3v) is 2.78. The van der Waals surface area contributed by atoms with Gasteiger partial charge < -0.3 is 10.6 Å². The molecule has 6 nitrogen and oxygen atoms in total. The van der Waals surface area contributed by atoms with Crippen molar-refractivity contribution in [3.63, 3.8) is 0 Å². The fourth-order valence-corrected chi connectivity index (χ4v) is 1.83. The second-order valence-corrected chi connectivity index (χ2v) is 4.02. The SMILES string of the molecule is CNc1cccc(Nc2ccc(C#N)cc2)c1[N+](=O)[O-]. The first-order valence-corrected chi connectivity index (χ1v) is 5.88. The zero-order valence-corrected chi connectivity index (χ0v) is 10.8. The number of rotatable bonds is 4. The Labute approximate surface area is 115 Å². The van der Waals surface area contributed by atoms with Crippen LogP contribution in [0.1, 0.15) is 5.56 Å². The number of hydrogen-bond acceptors (Lipinski definition) is 5. The Balaban J connectivity index is 2.37. The molecule has 0 saturated carbocycles. The lowest BCUT2D eigenvalue weighted by Crippen LogP contribution is -2.01. The van der Waals surface area contributed by atoms with Crippen molar-refractivity contribution < 1.29 is 4.92 Å². The molecule has 2 rings (SSSR count). The number of hydrogen-bond donors (Lipinski definition) is 2. The minimum absolute atomic E-state index is 0.0145. The monoisotopic (exact) mass is 268 g/mol. The van der Waals surface area contributed by atoms with E-state index in [-0.39, 0.29) is 5.69 Å². The Bertz CT molecular complexity index is 675. The fraction of sp³-hybridized carbons (Fsp3) is 0.0714. The van der Waals surface area contributed by atoms with Gasteiger partial charge in [0, 0.05) is 12.7 Å². The Kier molecular flexibility index (Phi) is 3.82. The third-order valence-electron chi connectivity index (χ3n) is 2.78. The number of nitrogens with one attached hydrogen (secondary N) is 2. The van der Waals surface area contributed by atoms with Gasteiger partial charge in [0.25, 0.3) is 0 Å². The molecule has 100 valence electrons. The maximum atomic E-state index is 11.2. The lowest BCUT2D eigenvalue weighted by molar-refractivity contribution is -0.383. The van der Waals surface area contributed by atoms with Crippen molar-refractivity contribution in [3.05, 3.63) is 58.1 Å². The van der Waals surface area contributed by atoms with E-state index in [2.05, 4.69) is 10.6 Å². The van der Waals surface area contributed by atoms with Crippen LogP contribution in [0.25, 0.3) is 0 Å². The molecular formula is C14H12N4O2. The van der Waals surface area contributed by atoms with Gasteiger partial charge in [-0.15, -0.1) is 0 Å². The zero-order chi connectivity index (χ0) is 14.5. The molecule has 0 heterocycles. The molecule has 2 aromatic carbocycles. The van der Waals surface area contributed by atoms with E-state index in [1.807, 2.05) is 6.07 Å². The molecule has 0 atom stereocenters. The van der Waals surface area contributed by atoms with Crippen LogP contribution in [-0.4, -0.2) is 12.0 Å². The normalized spacial score (nSPS) is 9.60. The van der Waals surface area contributed by atoms with E-state index in [0.29, 0.717) is 22.6 Å². The highest BCUT2D eigenvalue weighted by molar-refractivity contribution is 5.79. The minimum Gasteiger partial charge on any atom is -0.382 e. The van der Waals surface area contributed by atoms with Crippen molar-refractivity contribution in [1.82, 2.24) is 0 Å². The Morgan fingerprint density at radius 3 is 2.35 bits per heavy atom. The number of nitro benzene ring substituents is 1. The summed E-state index contributed by atoms with van der Waals surface area (Å²) in [7, 11) is 1.63. The molecule has 0 radical (unpaired) electrons. The van der Waals surface area contributed by atoms with E-state index in [1.54, 1.807) is 49.5 Å². The number of para-hydroxylation sites is 1. The van der Waals surface area contributed by atoms with Gasteiger partial charge in [0.15, 0.2) is 0 Å². The first-order valence-electron chi connectivity index (χ1n) is 5.88. The topological polar surface area (TPSA) is 91.0 Å². The van der Waals surface area contributed by atoms with E-state index >= 15 is 0 Å². The minimum atomic E-state index is -0.433. The molecule has 0 aliphatic carbocycles. The summed E-state index contributed by atoms with van der Waals surface area (Å²) < 4.78 is 0. The van der Waals surface area contributed by atoms with Crippen molar-refractivity contribution in [3.8, 4) is 6.07 Å². The van der Waals surface area contributed by atoms with Crippen molar-refractivity contribution in [2.45, 2.75) is 0 Å². The molecule has 0 unspecified atom stereocenters. The summed E-state index contributed by atoms with van der Waals surface area (Å²) in [6, 6.07) is 13.7. The van der Waals surface area contributed by atoms with Crippen LogP contribution >= 0.6 is 0 Å². The molecule has 0 aromatic heterocycles. The summed E-state index contributed by atoms with van der Waals surface area (Å²) in [5.74, 6) is 0. The number of benzene rings is 2. The van der Waals surface area contributed by atoms with Crippen LogP contribution < -0.4 is 10.6 Å². The largest absolute Gasteiger partial charge is 0.382 e. The molecular weight excluding hydrogens is 256 g/mol. The number of nitrogens with zero attached hydrogens (tertiary/aromatic N) is 2. The molecule has 0 fully saturated rings. The van der Waals surface area contributed by atoms with Crippen molar-refractivity contribution >= 4 is 22.7 Å². The zero-order valence-electron chi connectivity index (χ0n) is 10.8. The van der Waals surface area contributed by atoms with Gasteiger partial charge in [0.1, 0.15) is 11.4 Å². The summed E-state index contributed by atoms with van der Waals surface area (Å²) in [4.78, 5) is 10.7. The van der Waals surface area contributed by atoms with E-state index in [1.165, 1.54) is 0 Å². The highest BCUT2D eigenvalue weighted by Gasteiger charge is 2.18. The van der Waals surface area contributed by atoms with E-state index in [4.69, 9.17) is 5.26 Å². The molecule has 0 bridgehead atoms. The van der Waals surface area contributed by atoms with Gasteiger partial charge >= 0.3 is 5.69 Å². The van der Waals surface area contributed by atoms with Gasteiger partial charge in [-0.2, -0.15) is 5.26 Å². The Morgan fingerprint density at radius 2 is 1.80 bits per heavy atom. The predicted molar refractivity (Wildman–Crippen MR) is 77.1 cm³/mol. The van der Waals surface area contributed by atoms with Gasteiger partial charge in [-0.05, 0) is 36.4 Å². The van der Waals surface area contributed by atoms with E-state index < -0.39 is 4.92 Å². The standard InChI is InChI=1S/C14H12N4O2/c1-16-12-3-2-4-13(14(12)18(19)20)17-11-7-5-10(9-15)6-8-11/h2-8,16-17H,1H3. The molecule has 2 aromatic rings. The van der Waals surface area contributed by atoms with E-state index in [9.17, 15) is 10.1 Å². The molecule has 20 heavy (non-hydrogen) atoms. The quantitative estimate of drug-likeness (QED) is 0.656. The first kappa shape index (κ1) is 13.4. The van der Waals surface area contributed by atoms with Crippen LogP contribution in [0.5, 0.6) is 0 Å². The summed E-state index contributed by atoms with van der Waals surface area (Å²) in [5.41, 5.74) is 2.04. The molecule has 2 N–H and O–H groups in total. The second kappa shape index (κ2) is 5.71. The van der Waals surface area contributed by atoms with Crippen molar-refractivity contribution in [2.75, 3.05) is 17.7 Å². The lowest BCUT2D eigenvalue weighted by Gasteiger charge is -2.10. The van der Waals surface area contributed by atoms with Crippen LogP contribution in [0, 0.1) is 21.4 Å². The average Bonchev–Trinajstić information content (AvgIpc) is 2.47. The van der Waals surface area contributed by atoms with Crippen LogP contribution in [0.3, 0.4) is 0 Å². The van der Waals surface area contributed by atoms with Gasteiger partial charge in [-0.1, -0.05) is 6.07 Å². The van der Waals surface area contributed by atoms with Crippen molar-refractivity contribution in [1.29, 1.82) is 5.26 Å². The second-order valence-electron chi connectivity index (χ2n) is 4.02. The number of nitro groups is 1. The Hall–Kier alpha value is -3.07. The van der Waals surface area contributed by atoms with Gasteiger partial charge in [0.05, 0.1) is 16.6 Å². The van der Waals surface area contributed by atoms with Crippen LogP contribution in [0.4, 0.5) is 22.7 Å². The highest BCUT2D eigenvalue weighted by Crippen LogP contribution is 2.34. The van der Waals surface area contributed by atoms with E-state index in [0.717, 1.165) is 0 Å². The maximum absolute atomic E-state index is 11.2. The number of nitriles is 1. The number of anilines is 3. The lowest BCUT2D eigenvalue weighted by atomic mass is 10.2. The molecule has 0 amide bonds. The van der Waals surface area contributed by atoms with Crippen LogP contribution in [0.15, 0.2) is 42.5 Å². The van der Waals surface area contributed by atoms with Gasteiger partial charge in [0.2, 0.25) is 0 Å². The van der Waals surface area contributed by atoms with Crippen molar-refractivity contribution in [2.24, 2.45) is 0 Å². The molecule has 6 heteroatoms. The predicted octanol–water partition coefficient (Wildman–Crippen LogP) is 3.25. The highest BCUT2D eigenvalue weighted by atomic mass is 16.6. The third kappa shape index (κ3) is 2.67. The summed E-state index contributed by atoms with van der Waals surface area (Å²) in [6.45, 7) is 0. The summed E-state index contributed by atoms with van der Waals surface area (Å²) in [6.07, 6.45) is 0. The fourth-order valence-electron chi connectivity index (χ4n) is 1.83. The van der Waals surface area contributed by atoms with Crippen LogP contribution in [0.2, 0.25) is 0 Å². The van der Waals surface area contributed by atoms with Gasteiger partial charge in [-0.25, -0.2) is 0 Å². The molecule has 0 spiro atoms. The molecule has 0 aliphatic heterocycles. The maximum Gasteiger partial charge on any atom is 0.315 e. The molecule has 0 aliphatic rings. The smallest absolute Gasteiger partial charge is 0.315 e.